The Kier molecular flexibility index (Phi) is 3.82. The third-order valence-electron chi connectivity index (χ3n) is 2.82. The SMILES string of the molecule is Cc1ccc(C(C)NS(=O)(=O)c2cccc(F)c2N)o1. The Labute approximate surface area is 116 Å². The van der Waals surface area contributed by atoms with Crippen LogP contribution in [0.1, 0.15) is 24.5 Å². The van der Waals surface area contributed by atoms with Gasteiger partial charge in [-0.1, -0.05) is 6.07 Å². The maximum Gasteiger partial charge on any atom is 0.243 e. The lowest BCUT2D eigenvalue weighted by Gasteiger charge is -2.13. The minimum Gasteiger partial charge on any atom is -0.465 e. The number of nitrogens with two attached hydrogens (primary N) is 1. The monoisotopic (exact) mass is 298 g/mol. The summed E-state index contributed by atoms with van der Waals surface area (Å²) < 4.78 is 45.5. The van der Waals surface area contributed by atoms with Crippen LogP contribution in [-0.2, 0) is 10.0 Å². The minimum atomic E-state index is -3.93. The maximum atomic E-state index is 13.3. The molecule has 0 aliphatic rings. The first-order valence-electron chi connectivity index (χ1n) is 5.94. The van der Waals surface area contributed by atoms with Gasteiger partial charge in [0.15, 0.2) is 0 Å². The Morgan fingerprint density at radius 1 is 1.30 bits per heavy atom. The van der Waals surface area contributed by atoms with Crippen molar-refractivity contribution in [2.75, 3.05) is 5.73 Å². The largest absolute Gasteiger partial charge is 0.465 e. The molecular weight excluding hydrogens is 283 g/mol. The summed E-state index contributed by atoms with van der Waals surface area (Å²) in [6.07, 6.45) is 0. The molecule has 1 heterocycles. The molecule has 5 nitrogen and oxygen atoms in total. The third kappa shape index (κ3) is 2.83. The van der Waals surface area contributed by atoms with Crippen LogP contribution in [0.15, 0.2) is 39.6 Å². The fourth-order valence-electron chi connectivity index (χ4n) is 1.79. The molecule has 0 saturated carbocycles. The summed E-state index contributed by atoms with van der Waals surface area (Å²) in [5.74, 6) is 0.381. The van der Waals surface area contributed by atoms with Crippen LogP contribution in [-0.4, -0.2) is 8.42 Å². The molecule has 0 bridgehead atoms. The number of hydrogen-bond acceptors (Lipinski definition) is 4. The molecule has 1 aromatic heterocycles. The standard InChI is InChI=1S/C13H15FN2O3S/c1-8-6-7-11(19-8)9(2)16-20(17,18)12-5-3-4-10(14)13(12)15/h3-7,9,16H,15H2,1-2H3. The second-order valence-electron chi connectivity index (χ2n) is 4.44. The van der Waals surface area contributed by atoms with Gasteiger partial charge in [0.2, 0.25) is 10.0 Å². The van der Waals surface area contributed by atoms with Gasteiger partial charge in [0, 0.05) is 0 Å². The van der Waals surface area contributed by atoms with Gasteiger partial charge in [0.05, 0.1) is 11.7 Å². The Hall–Kier alpha value is -1.86. The first-order chi connectivity index (χ1) is 9.31. The highest BCUT2D eigenvalue weighted by Crippen LogP contribution is 2.24. The summed E-state index contributed by atoms with van der Waals surface area (Å²) in [5.41, 5.74) is 5.07. The van der Waals surface area contributed by atoms with Crippen LogP contribution >= 0.6 is 0 Å². The highest BCUT2D eigenvalue weighted by atomic mass is 32.2. The van der Waals surface area contributed by atoms with E-state index in [0.717, 1.165) is 6.07 Å². The van der Waals surface area contributed by atoms with E-state index in [1.807, 2.05) is 0 Å². The average molecular weight is 298 g/mol. The normalized spacial score (nSPS) is 13.3. The van der Waals surface area contributed by atoms with Crippen LogP contribution in [0.2, 0.25) is 0 Å². The smallest absolute Gasteiger partial charge is 0.243 e. The zero-order chi connectivity index (χ0) is 14.9. The number of para-hydroxylation sites is 1. The molecule has 0 spiro atoms. The summed E-state index contributed by atoms with van der Waals surface area (Å²) >= 11 is 0. The zero-order valence-electron chi connectivity index (χ0n) is 11.1. The molecule has 1 unspecified atom stereocenters. The Balaban J connectivity index is 2.30. The number of nitrogens with one attached hydrogen (secondary N) is 1. The second-order valence-corrected chi connectivity index (χ2v) is 6.13. The molecule has 0 amide bonds. The van der Waals surface area contributed by atoms with Crippen molar-refractivity contribution >= 4 is 15.7 Å². The van der Waals surface area contributed by atoms with Crippen molar-refractivity contribution in [3.8, 4) is 0 Å². The van der Waals surface area contributed by atoms with E-state index in [1.165, 1.54) is 12.1 Å². The highest BCUT2D eigenvalue weighted by Gasteiger charge is 2.23. The number of halogens is 1. The fourth-order valence-corrected chi connectivity index (χ4v) is 3.15. The first kappa shape index (κ1) is 14.5. The summed E-state index contributed by atoms with van der Waals surface area (Å²) in [4.78, 5) is -0.285. The van der Waals surface area contributed by atoms with Gasteiger partial charge in [0.25, 0.3) is 0 Å². The van der Waals surface area contributed by atoms with E-state index in [9.17, 15) is 12.8 Å². The molecule has 0 aliphatic carbocycles. The molecule has 20 heavy (non-hydrogen) atoms. The molecule has 0 saturated heterocycles. The van der Waals surface area contributed by atoms with E-state index in [4.69, 9.17) is 10.2 Å². The van der Waals surface area contributed by atoms with Gasteiger partial charge in [-0.15, -0.1) is 0 Å². The minimum absolute atomic E-state index is 0.285. The molecule has 2 rings (SSSR count). The van der Waals surface area contributed by atoms with Crippen molar-refractivity contribution in [1.29, 1.82) is 0 Å². The number of furan rings is 1. The lowest BCUT2D eigenvalue weighted by molar-refractivity contribution is 0.441. The summed E-state index contributed by atoms with van der Waals surface area (Å²) in [6, 6.07) is 6.47. The number of hydrogen-bond donors (Lipinski definition) is 2. The highest BCUT2D eigenvalue weighted by molar-refractivity contribution is 7.89. The van der Waals surface area contributed by atoms with Gasteiger partial charge in [0.1, 0.15) is 22.2 Å². The molecule has 0 fully saturated rings. The summed E-state index contributed by atoms with van der Waals surface area (Å²) in [6.45, 7) is 3.39. The molecular formula is C13H15FN2O3S. The number of benzene rings is 1. The van der Waals surface area contributed by atoms with E-state index in [-0.39, 0.29) is 4.90 Å². The van der Waals surface area contributed by atoms with Crippen molar-refractivity contribution < 1.29 is 17.2 Å². The van der Waals surface area contributed by atoms with Crippen molar-refractivity contribution in [3.63, 3.8) is 0 Å². The van der Waals surface area contributed by atoms with Gasteiger partial charge in [-0.2, -0.15) is 0 Å². The molecule has 3 N–H and O–H groups in total. The molecule has 1 atom stereocenters. The number of nitrogen functional groups attached to an aromatic ring is 1. The van der Waals surface area contributed by atoms with Crippen LogP contribution in [0.3, 0.4) is 0 Å². The number of sulfonamides is 1. The van der Waals surface area contributed by atoms with E-state index < -0.39 is 27.6 Å². The van der Waals surface area contributed by atoms with E-state index in [1.54, 1.807) is 26.0 Å². The molecule has 0 radical (unpaired) electrons. The van der Waals surface area contributed by atoms with Crippen LogP contribution in [0, 0.1) is 12.7 Å². The van der Waals surface area contributed by atoms with E-state index in [0.29, 0.717) is 11.5 Å². The molecule has 1 aromatic carbocycles. The molecule has 108 valence electrons. The Bertz CT molecular complexity index is 725. The topological polar surface area (TPSA) is 85.3 Å². The van der Waals surface area contributed by atoms with Crippen molar-refractivity contribution in [2.45, 2.75) is 24.8 Å². The van der Waals surface area contributed by atoms with Crippen LogP contribution in [0.4, 0.5) is 10.1 Å². The van der Waals surface area contributed by atoms with Crippen molar-refractivity contribution in [2.24, 2.45) is 0 Å². The maximum absolute atomic E-state index is 13.3. The van der Waals surface area contributed by atoms with Gasteiger partial charge in [-0.25, -0.2) is 17.5 Å². The van der Waals surface area contributed by atoms with Crippen molar-refractivity contribution in [3.05, 3.63) is 47.7 Å². The van der Waals surface area contributed by atoms with Gasteiger partial charge in [-0.05, 0) is 38.1 Å². The van der Waals surface area contributed by atoms with Crippen molar-refractivity contribution in [1.82, 2.24) is 4.72 Å². The number of rotatable bonds is 4. The zero-order valence-corrected chi connectivity index (χ0v) is 11.9. The summed E-state index contributed by atoms with van der Waals surface area (Å²) in [5, 5.41) is 0. The first-order valence-corrected chi connectivity index (χ1v) is 7.42. The van der Waals surface area contributed by atoms with Gasteiger partial charge >= 0.3 is 0 Å². The average Bonchev–Trinajstić information content (AvgIpc) is 2.79. The van der Waals surface area contributed by atoms with Crippen LogP contribution in [0.5, 0.6) is 0 Å². The predicted octanol–water partition coefficient (Wildman–Crippen LogP) is 2.35. The Morgan fingerprint density at radius 3 is 2.60 bits per heavy atom. The summed E-state index contributed by atoms with van der Waals surface area (Å²) in [7, 11) is -3.93. The van der Waals surface area contributed by atoms with E-state index >= 15 is 0 Å². The van der Waals surface area contributed by atoms with Crippen LogP contribution in [0.25, 0.3) is 0 Å². The van der Waals surface area contributed by atoms with Crippen LogP contribution < -0.4 is 10.5 Å². The lowest BCUT2D eigenvalue weighted by Crippen LogP contribution is -2.27. The second kappa shape index (κ2) is 5.26. The van der Waals surface area contributed by atoms with Gasteiger partial charge < -0.3 is 10.2 Å². The molecule has 7 heteroatoms. The molecule has 2 aromatic rings. The van der Waals surface area contributed by atoms with Gasteiger partial charge in [-0.3, -0.25) is 0 Å². The quantitative estimate of drug-likeness (QED) is 0.848. The fraction of sp³-hybridized carbons (Fsp3) is 0.231. The lowest BCUT2D eigenvalue weighted by atomic mass is 10.3. The third-order valence-corrected chi connectivity index (χ3v) is 4.42. The Morgan fingerprint density at radius 2 is 2.00 bits per heavy atom. The molecule has 0 aliphatic heterocycles. The number of anilines is 1. The number of aryl methyl sites for hydroxylation is 1. The van der Waals surface area contributed by atoms with E-state index in [2.05, 4.69) is 4.72 Å². The predicted molar refractivity (Wildman–Crippen MR) is 73.0 cm³/mol.